The van der Waals surface area contributed by atoms with E-state index in [-0.39, 0.29) is 24.6 Å². The van der Waals surface area contributed by atoms with Crippen molar-refractivity contribution in [3.8, 4) is 0 Å². The number of sulfone groups is 1. The molecule has 6 heteroatoms. The third-order valence-corrected chi connectivity index (χ3v) is 3.31. The summed E-state index contributed by atoms with van der Waals surface area (Å²) >= 11 is 0. The second-order valence-corrected chi connectivity index (χ2v) is 5.34. The fourth-order valence-corrected chi connectivity index (χ4v) is 1.63. The highest BCUT2D eigenvalue weighted by Crippen LogP contribution is 1.91. The Morgan fingerprint density at radius 1 is 1.46 bits per heavy atom. The molecule has 0 rings (SSSR count). The summed E-state index contributed by atoms with van der Waals surface area (Å²) in [5.41, 5.74) is 0. The summed E-state index contributed by atoms with van der Waals surface area (Å²) < 4.78 is 22.0. The van der Waals surface area contributed by atoms with Gasteiger partial charge in [0.05, 0.1) is 12.3 Å². The number of carbonyl (C=O) groups is 1. The number of rotatable bonds is 6. The van der Waals surface area contributed by atoms with Crippen molar-refractivity contribution in [1.82, 2.24) is 4.90 Å². The summed E-state index contributed by atoms with van der Waals surface area (Å²) in [5, 5.41) is 8.38. The molecule has 0 fully saturated rings. The zero-order valence-corrected chi connectivity index (χ0v) is 8.67. The van der Waals surface area contributed by atoms with Crippen LogP contribution >= 0.6 is 0 Å². The van der Waals surface area contributed by atoms with E-state index in [1.54, 1.807) is 14.0 Å². The van der Waals surface area contributed by atoms with E-state index in [0.29, 0.717) is 0 Å². The molecule has 0 aliphatic heterocycles. The lowest BCUT2D eigenvalue weighted by atomic mass is 10.5. The summed E-state index contributed by atoms with van der Waals surface area (Å²) in [5.74, 6) is -0.822. The summed E-state index contributed by atoms with van der Waals surface area (Å²) in [6.45, 7) is 1.72. The molecular weight excluding hydrogens is 194 g/mol. The molecule has 5 nitrogen and oxygen atoms in total. The molecule has 0 aromatic carbocycles. The highest BCUT2D eigenvalue weighted by atomic mass is 32.2. The first kappa shape index (κ1) is 12.4. The van der Waals surface area contributed by atoms with Crippen molar-refractivity contribution in [2.75, 3.05) is 31.6 Å². The van der Waals surface area contributed by atoms with Crippen LogP contribution in [0.5, 0.6) is 0 Å². The maximum atomic E-state index is 11.0. The van der Waals surface area contributed by atoms with Gasteiger partial charge in [0.15, 0.2) is 9.84 Å². The molecule has 0 unspecified atom stereocenters. The van der Waals surface area contributed by atoms with Crippen molar-refractivity contribution in [2.45, 2.75) is 6.92 Å². The number of carboxylic acids is 1. The van der Waals surface area contributed by atoms with Gasteiger partial charge in [-0.15, -0.1) is 0 Å². The Bertz CT molecular complexity index is 260. The van der Waals surface area contributed by atoms with Crippen molar-refractivity contribution in [2.24, 2.45) is 0 Å². The Morgan fingerprint density at radius 2 is 2.00 bits per heavy atom. The molecule has 78 valence electrons. The summed E-state index contributed by atoms with van der Waals surface area (Å²) in [4.78, 5) is 11.7. The second-order valence-electron chi connectivity index (χ2n) is 2.87. The van der Waals surface area contributed by atoms with E-state index < -0.39 is 15.8 Å². The zero-order chi connectivity index (χ0) is 10.5. The predicted molar refractivity (Wildman–Crippen MR) is 49.5 cm³/mol. The Balaban J connectivity index is 3.83. The van der Waals surface area contributed by atoms with Crippen LogP contribution in [0, 0.1) is 0 Å². The minimum absolute atomic E-state index is 0.0211. The standard InChI is InChI=1S/C7H15NO4S/c1-3-13(11,12)5-4-8(2)6-7(9)10/h3-6H2,1-2H3,(H,9,10). The Labute approximate surface area is 78.3 Å². The summed E-state index contributed by atoms with van der Waals surface area (Å²) in [7, 11) is -1.40. The second kappa shape index (κ2) is 5.18. The number of likely N-dealkylation sites (N-methyl/N-ethyl adjacent to an activating group) is 1. The maximum absolute atomic E-state index is 11.0. The molecule has 0 amide bonds. The number of nitrogens with zero attached hydrogens (tertiary/aromatic N) is 1. The van der Waals surface area contributed by atoms with Gasteiger partial charge >= 0.3 is 5.97 Å². The van der Waals surface area contributed by atoms with Gasteiger partial charge in [-0.3, -0.25) is 9.69 Å². The normalized spacial score (nSPS) is 11.9. The molecule has 0 heterocycles. The van der Waals surface area contributed by atoms with Gasteiger partial charge in [0, 0.05) is 12.3 Å². The molecule has 0 aromatic heterocycles. The molecule has 0 aromatic rings. The maximum Gasteiger partial charge on any atom is 0.317 e. The Kier molecular flexibility index (Phi) is 4.94. The predicted octanol–water partition coefficient (Wildman–Crippen LogP) is -0.562. The van der Waals surface area contributed by atoms with E-state index in [1.165, 1.54) is 4.90 Å². The van der Waals surface area contributed by atoms with Gasteiger partial charge in [0.2, 0.25) is 0 Å². The van der Waals surface area contributed by atoms with E-state index in [4.69, 9.17) is 5.11 Å². The molecule has 0 aliphatic rings. The molecular formula is C7H15NO4S. The SMILES string of the molecule is CCS(=O)(=O)CCN(C)CC(=O)O. The van der Waals surface area contributed by atoms with Gasteiger partial charge in [-0.05, 0) is 7.05 Å². The first-order chi connectivity index (χ1) is 5.87. The average Bonchev–Trinajstić information content (AvgIpc) is 2.00. The van der Waals surface area contributed by atoms with Gasteiger partial charge in [-0.25, -0.2) is 8.42 Å². The highest BCUT2D eigenvalue weighted by Gasteiger charge is 2.10. The molecule has 0 saturated carbocycles. The molecule has 1 N–H and O–H groups in total. The van der Waals surface area contributed by atoms with E-state index in [9.17, 15) is 13.2 Å². The number of aliphatic carboxylic acids is 1. The first-order valence-corrected chi connectivity index (χ1v) is 5.80. The molecule has 0 aliphatic carbocycles. The van der Waals surface area contributed by atoms with Crippen molar-refractivity contribution in [3.63, 3.8) is 0 Å². The van der Waals surface area contributed by atoms with E-state index in [1.807, 2.05) is 0 Å². The minimum Gasteiger partial charge on any atom is -0.480 e. The molecule has 13 heavy (non-hydrogen) atoms. The van der Waals surface area contributed by atoms with E-state index in [2.05, 4.69) is 0 Å². The first-order valence-electron chi connectivity index (χ1n) is 3.98. The Morgan fingerprint density at radius 3 is 2.38 bits per heavy atom. The van der Waals surface area contributed by atoms with Crippen molar-refractivity contribution in [1.29, 1.82) is 0 Å². The number of carboxylic acid groups (broad SMARTS) is 1. The minimum atomic E-state index is -2.98. The van der Waals surface area contributed by atoms with Gasteiger partial charge in [0.1, 0.15) is 0 Å². The lowest BCUT2D eigenvalue weighted by Gasteiger charge is -2.12. The van der Waals surface area contributed by atoms with E-state index in [0.717, 1.165) is 0 Å². The van der Waals surface area contributed by atoms with Crippen LogP contribution in [-0.4, -0.2) is 56.0 Å². The molecule has 0 bridgehead atoms. The van der Waals surface area contributed by atoms with Gasteiger partial charge in [-0.1, -0.05) is 6.92 Å². The van der Waals surface area contributed by atoms with Crippen LogP contribution in [0.2, 0.25) is 0 Å². The average molecular weight is 209 g/mol. The van der Waals surface area contributed by atoms with Crippen molar-refractivity contribution in [3.05, 3.63) is 0 Å². The van der Waals surface area contributed by atoms with Crippen LogP contribution in [0.15, 0.2) is 0 Å². The van der Waals surface area contributed by atoms with Gasteiger partial charge in [0.25, 0.3) is 0 Å². The van der Waals surface area contributed by atoms with Crippen LogP contribution in [0.4, 0.5) is 0 Å². The fraction of sp³-hybridized carbons (Fsp3) is 0.857. The topological polar surface area (TPSA) is 74.7 Å². The lowest BCUT2D eigenvalue weighted by Crippen LogP contribution is -2.30. The summed E-state index contributed by atoms with van der Waals surface area (Å²) in [6.07, 6.45) is 0. The van der Waals surface area contributed by atoms with Crippen molar-refractivity contribution < 1.29 is 18.3 Å². The van der Waals surface area contributed by atoms with Gasteiger partial charge in [-0.2, -0.15) is 0 Å². The third kappa shape index (κ3) is 6.53. The van der Waals surface area contributed by atoms with Crippen LogP contribution in [0.3, 0.4) is 0 Å². The van der Waals surface area contributed by atoms with Crippen LogP contribution in [-0.2, 0) is 14.6 Å². The quantitative estimate of drug-likeness (QED) is 0.634. The number of hydrogen-bond acceptors (Lipinski definition) is 4. The molecule has 0 saturated heterocycles. The third-order valence-electron chi connectivity index (χ3n) is 1.63. The molecule has 0 spiro atoms. The zero-order valence-electron chi connectivity index (χ0n) is 7.86. The monoisotopic (exact) mass is 209 g/mol. The molecule has 0 atom stereocenters. The van der Waals surface area contributed by atoms with E-state index >= 15 is 0 Å². The smallest absolute Gasteiger partial charge is 0.317 e. The van der Waals surface area contributed by atoms with Crippen LogP contribution in [0.1, 0.15) is 6.92 Å². The Hall–Kier alpha value is -0.620. The highest BCUT2D eigenvalue weighted by molar-refractivity contribution is 7.91. The number of hydrogen-bond donors (Lipinski definition) is 1. The van der Waals surface area contributed by atoms with Crippen molar-refractivity contribution >= 4 is 15.8 Å². The lowest BCUT2D eigenvalue weighted by molar-refractivity contribution is -0.137. The fourth-order valence-electron chi connectivity index (χ4n) is 0.749. The molecule has 0 radical (unpaired) electrons. The van der Waals surface area contributed by atoms with Crippen LogP contribution < -0.4 is 0 Å². The summed E-state index contributed by atoms with van der Waals surface area (Å²) in [6, 6.07) is 0. The largest absolute Gasteiger partial charge is 0.480 e. The van der Waals surface area contributed by atoms with Crippen LogP contribution in [0.25, 0.3) is 0 Å². The van der Waals surface area contributed by atoms with Gasteiger partial charge < -0.3 is 5.11 Å².